The topological polar surface area (TPSA) is 49.0 Å². The Hall–Kier alpha value is -2.10. The third-order valence-electron chi connectivity index (χ3n) is 3.37. The van der Waals surface area contributed by atoms with Crippen LogP contribution in [0.15, 0.2) is 30.3 Å². The van der Waals surface area contributed by atoms with Gasteiger partial charge in [-0.2, -0.15) is 5.10 Å². The van der Waals surface area contributed by atoms with E-state index in [9.17, 15) is 4.79 Å². The van der Waals surface area contributed by atoms with Gasteiger partial charge in [0.15, 0.2) is 0 Å². The lowest BCUT2D eigenvalue weighted by atomic mass is 10.1. The molecule has 4 heteroatoms. The Bertz CT molecular complexity index is 599. The molecule has 1 aromatic heterocycles. The minimum Gasteiger partial charge on any atom is -0.336 e. The number of hydrogen-bond donors (Lipinski definition) is 1. The van der Waals surface area contributed by atoms with E-state index in [0.717, 1.165) is 17.7 Å². The van der Waals surface area contributed by atoms with Gasteiger partial charge in [-0.1, -0.05) is 43.7 Å². The summed E-state index contributed by atoms with van der Waals surface area (Å²) in [7, 11) is 1.80. The molecule has 2 aromatic rings. The van der Waals surface area contributed by atoms with Gasteiger partial charge in [-0.15, -0.1) is 0 Å². The number of aromatic nitrogens is 2. The van der Waals surface area contributed by atoms with Gasteiger partial charge >= 0.3 is 0 Å². The highest BCUT2D eigenvalue weighted by molar-refractivity contribution is 5.92. The second-order valence-corrected chi connectivity index (χ2v) is 6.02. The van der Waals surface area contributed by atoms with Crippen molar-refractivity contribution in [2.45, 2.75) is 33.7 Å². The third kappa shape index (κ3) is 4.18. The number of hydrogen-bond acceptors (Lipinski definition) is 2. The van der Waals surface area contributed by atoms with Crippen LogP contribution in [0.4, 0.5) is 0 Å². The summed E-state index contributed by atoms with van der Waals surface area (Å²) in [6.45, 7) is 6.93. The van der Waals surface area contributed by atoms with Crippen molar-refractivity contribution in [3.63, 3.8) is 0 Å². The van der Waals surface area contributed by atoms with Crippen molar-refractivity contribution in [3.05, 3.63) is 52.8 Å². The summed E-state index contributed by atoms with van der Waals surface area (Å²) in [4.78, 5) is 14.1. The van der Waals surface area contributed by atoms with Crippen LogP contribution in [0, 0.1) is 12.8 Å². The molecule has 4 nitrogen and oxygen atoms in total. The van der Waals surface area contributed by atoms with E-state index in [-0.39, 0.29) is 5.91 Å². The monoisotopic (exact) mass is 285 g/mol. The standard InChI is InChI=1S/C17H23N3O/c1-12(2)9-15-10-16(19-18-15)17(21)20(4)11-14-7-5-13(3)6-8-14/h5-8,10,12H,9,11H2,1-4H3,(H,18,19). The molecule has 1 amide bonds. The van der Waals surface area contributed by atoms with Crippen LogP contribution in [0.25, 0.3) is 0 Å². The van der Waals surface area contributed by atoms with Crippen LogP contribution in [0.2, 0.25) is 0 Å². The zero-order chi connectivity index (χ0) is 15.4. The van der Waals surface area contributed by atoms with E-state index >= 15 is 0 Å². The summed E-state index contributed by atoms with van der Waals surface area (Å²) in [6, 6.07) is 10.1. The number of carbonyl (C=O) groups is 1. The number of nitrogens with zero attached hydrogens (tertiary/aromatic N) is 2. The molecule has 0 radical (unpaired) electrons. The molecule has 0 aliphatic carbocycles. The summed E-state index contributed by atoms with van der Waals surface area (Å²) in [5.74, 6) is 0.487. The lowest BCUT2D eigenvalue weighted by Crippen LogP contribution is -2.26. The number of amides is 1. The zero-order valence-corrected chi connectivity index (χ0v) is 13.2. The number of H-pyrrole nitrogens is 1. The molecule has 1 N–H and O–H groups in total. The molecule has 1 heterocycles. The lowest BCUT2D eigenvalue weighted by molar-refractivity contribution is 0.0779. The Morgan fingerprint density at radius 1 is 1.29 bits per heavy atom. The molecule has 0 unspecified atom stereocenters. The lowest BCUT2D eigenvalue weighted by Gasteiger charge is -2.16. The van der Waals surface area contributed by atoms with Gasteiger partial charge in [0.05, 0.1) is 0 Å². The molecule has 1 aromatic carbocycles. The normalized spacial score (nSPS) is 10.9. The molecule has 0 fully saturated rings. The highest BCUT2D eigenvalue weighted by Crippen LogP contribution is 2.11. The first kappa shape index (κ1) is 15.3. The predicted molar refractivity (Wildman–Crippen MR) is 84.1 cm³/mol. The van der Waals surface area contributed by atoms with Gasteiger partial charge < -0.3 is 4.90 Å². The fourth-order valence-electron chi connectivity index (χ4n) is 2.25. The predicted octanol–water partition coefficient (Wildman–Crippen LogP) is 3.19. The highest BCUT2D eigenvalue weighted by atomic mass is 16.2. The molecule has 0 aliphatic rings. The maximum atomic E-state index is 12.4. The number of benzene rings is 1. The van der Waals surface area contributed by atoms with Crippen LogP contribution in [-0.4, -0.2) is 28.1 Å². The van der Waals surface area contributed by atoms with Crippen molar-refractivity contribution >= 4 is 5.91 Å². The van der Waals surface area contributed by atoms with Crippen molar-refractivity contribution in [1.29, 1.82) is 0 Å². The van der Waals surface area contributed by atoms with Crippen LogP contribution in [-0.2, 0) is 13.0 Å². The van der Waals surface area contributed by atoms with Gasteiger partial charge in [-0.05, 0) is 30.9 Å². The average Bonchev–Trinajstić information content (AvgIpc) is 2.88. The summed E-state index contributed by atoms with van der Waals surface area (Å²) >= 11 is 0. The fourth-order valence-corrected chi connectivity index (χ4v) is 2.25. The summed E-state index contributed by atoms with van der Waals surface area (Å²) in [5, 5.41) is 7.08. The van der Waals surface area contributed by atoms with Gasteiger partial charge in [0, 0.05) is 19.3 Å². The second kappa shape index (κ2) is 6.57. The summed E-state index contributed by atoms with van der Waals surface area (Å²) in [5.41, 5.74) is 3.84. The quantitative estimate of drug-likeness (QED) is 0.917. The van der Waals surface area contributed by atoms with Crippen LogP contribution >= 0.6 is 0 Å². The van der Waals surface area contributed by atoms with Crippen molar-refractivity contribution in [1.82, 2.24) is 15.1 Å². The van der Waals surface area contributed by atoms with Crippen molar-refractivity contribution in [3.8, 4) is 0 Å². The van der Waals surface area contributed by atoms with Crippen LogP contribution < -0.4 is 0 Å². The molecule has 21 heavy (non-hydrogen) atoms. The molecule has 0 spiro atoms. The molecular weight excluding hydrogens is 262 g/mol. The number of aromatic amines is 1. The van der Waals surface area contributed by atoms with Crippen LogP contribution in [0.1, 0.15) is 41.2 Å². The summed E-state index contributed by atoms with van der Waals surface area (Å²) < 4.78 is 0. The third-order valence-corrected chi connectivity index (χ3v) is 3.37. The van der Waals surface area contributed by atoms with Crippen LogP contribution in [0.5, 0.6) is 0 Å². The number of aryl methyl sites for hydroxylation is 1. The van der Waals surface area contributed by atoms with E-state index < -0.39 is 0 Å². The van der Waals surface area contributed by atoms with Gasteiger partial charge in [-0.3, -0.25) is 9.89 Å². The molecule has 0 bridgehead atoms. The SMILES string of the molecule is Cc1ccc(CN(C)C(=O)c2cc(CC(C)C)[nH]n2)cc1. The van der Waals surface area contributed by atoms with E-state index in [2.05, 4.69) is 43.1 Å². The first-order chi connectivity index (χ1) is 9.95. The van der Waals surface area contributed by atoms with Crippen molar-refractivity contribution < 1.29 is 4.79 Å². The Kier molecular flexibility index (Phi) is 4.78. The smallest absolute Gasteiger partial charge is 0.274 e. The highest BCUT2D eigenvalue weighted by Gasteiger charge is 2.16. The maximum absolute atomic E-state index is 12.4. The largest absolute Gasteiger partial charge is 0.336 e. The molecule has 0 atom stereocenters. The minimum absolute atomic E-state index is 0.0539. The molecule has 2 rings (SSSR count). The van der Waals surface area contributed by atoms with E-state index in [1.54, 1.807) is 11.9 Å². The Morgan fingerprint density at radius 3 is 2.57 bits per heavy atom. The molecule has 0 aliphatic heterocycles. The Labute approximate surface area is 126 Å². The molecule has 0 saturated carbocycles. The Morgan fingerprint density at radius 2 is 1.95 bits per heavy atom. The van der Waals surface area contributed by atoms with Crippen LogP contribution in [0.3, 0.4) is 0 Å². The second-order valence-electron chi connectivity index (χ2n) is 6.02. The number of carbonyl (C=O) groups excluding carboxylic acids is 1. The Balaban J connectivity index is 2.01. The van der Waals surface area contributed by atoms with E-state index in [1.165, 1.54) is 5.56 Å². The van der Waals surface area contributed by atoms with Gasteiger partial charge in [0.1, 0.15) is 5.69 Å². The molecule has 0 saturated heterocycles. The number of rotatable bonds is 5. The van der Waals surface area contributed by atoms with Gasteiger partial charge in [-0.25, -0.2) is 0 Å². The van der Waals surface area contributed by atoms with E-state index in [1.807, 2.05) is 18.2 Å². The maximum Gasteiger partial charge on any atom is 0.274 e. The number of nitrogens with one attached hydrogen (secondary N) is 1. The van der Waals surface area contributed by atoms with Crippen molar-refractivity contribution in [2.24, 2.45) is 5.92 Å². The first-order valence-corrected chi connectivity index (χ1v) is 7.31. The summed E-state index contributed by atoms with van der Waals surface area (Å²) in [6.07, 6.45) is 0.905. The van der Waals surface area contributed by atoms with Gasteiger partial charge in [0.25, 0.3) is 5.91 Å². The minimum atomic E-state index is -0.0539. The first-order valence-electron chi connectivity index (χ1n) is 7.31. The van der Waals surface area contributed by atoms with Gasteiger partial charge in [0.2, 0.25) is 0 Å². The zero-order valence-electron chi connectivity index (χ0n) is 13.2. The van der Waals surface area contributed by atoms with E-state index in [0.29, 0.717) is 18.2 Å². The average molecular weight is 285 g/mol. The van der Waals surface area contributed by atoms with E-state index in [4.69, 9.17) is 0 Å². The molecular formula is C17H23N3O. The van der Waals surface area contributed by atoms with Crippen molar-refractivity contribution in [2.75, 3.05) is 7.05 Å². The molecule has 112 valence electrons. The fraction of sp³-hybridized carbons (Fsp3) is 0.412.